The Bertz CT molecular complexity index is 676. The smallest absolute Gasteiger partial charge is 0.265 e. The second kappa shape index (κ2) is 9.27. The minimum atomic E-state index is 0.0195. The van der Waals surface area contributed by atoms with Crippen LogP contribution in [0.15, 0.2) is 29.8 Å². The summed E-state index contributed by atoms with van der Waals surface area (Å²) in [6.45, 7) is 8.55. The second-order valence-electron chi connectivity index (χ2n) is 7.68. The van der Waals surface area contributed by atoms with Gasteiger partial charge in [-0.15, -0.1) is 0 Å². The molecule has 1 aromatic carbocycles. The fourth-order valence-corrected chi connectivity index (χ4v) is 3.89. The highest BCUT2D eigenvalue weighted by atomic mass is 16.5. The summed E-state index contributed by atoms with van der Waals surface area (Å²) in [6, 6.07) is 5.64. The molecule has 0 aromatic heterocycles. The summed E-state index contributed by atoms with van der Waals surface area (Å²) in [5.41, 5.74) is 2.44. The fraction of sp³-hybridized carbons (Fsp3) is 0.591. The number of benzene rings is 1. The van der Waals surface area contributed by atoms with Crippen LogP contribution in [0.4, 0.5) is 5.69 Å². The van der Waals surface area contributed by atoms with E-state index in [1.54, 1.807) is 12.7 Å². The molecule has 0 unspecified atom stereocenters. The largest absolute Gasteiger partial charge is 0.497 e. The summed E-state index contributed by atoms with van der Waals surface area (Å²) in [7, 11) is 1.64. The zero-order chi connectivity index (χ0) is 19.2. The molecule has 3 rings (SSSR count). The Morgan fingerprint density at radius 3 is 2.74 bits per heavy atom. The fourth-order valence-electron chi connectivity index (χ4n) is 3.89. The molecule has 1 saturated heterocycles. The average Bonchev–Trinajstić information content (AvgIpc) is 2.69. The van der Waals surface area contributed by atoms with Gasteiger partial charge in [0.25, 0.3) is 5.91 Å². The molecule has 2 aliphatic rings. The maximum Gasteiger partial charge on any atom is 0.265 e. The maximum atomic E-state index is 12.5. The number of fused-ring (bicyclic) bond motifs is 1. The number of piperidine rings is 1. The van der Waals surface area contributed by atoms with E-state index in [-0.39, 0.29) is 12.5 Å². The molecule has 0 bridgehead atoms. The van der Waals surface area contributed by atoms with Crippen LogP contribution >= 0.6 is 0 Å². The zero-order valence-electron chi connectivity index (χ0n) is 16.9. The number of carbonyl (C=O) groups is 1. The van der Waals surface area contributed by atoms with E-state index in [2.05, 4.69) is 24.8 Å². The van der Waals surface area contributed by atoms with Crippen molar-refractivity contribution in [3.05, 3.63) is 29.8 Å². The van der Waals surface area contributed by atoms with E-state index in [0.717, 1.165) is 36.8 Å². The Balaban J connectivity index is 1.58. The number of hydrogen-bond donors (Lipinski definition) is 0. The predicted molar refractivity (Wildman–Crippen MR) is 109 cm³/mol. The summed E-state index contributed by atoms with van der Waals surface area (Å²) >= 11 is 0. The number of rotatable bonds is 7. The molecule has 2 aliphatic heterocycles. The van der Waals surface area contributed by atoms with Crippen molar-refractivity contribution in [2.24, 2.45) is 5.92 Å². The summed E-state index contributed by atoms with van der Waals surface area (Å²) in [5, 5.41) is 0. The Kier molecular flexibility index (Phi) is 6.78. The van der Waals surface area contributed by atoms with Gasteiger partial charge in [0, 0.05) is 32.2 Å². The summed E-state index contributed by atoms with van der Waals surface area (Å²) in [5.74, 6) is 1.91. The Labute approximate surface area is 162 Å². The molecule has 0 aliphatic carbocycles. The number of carbonyl (C=O) groups excluding carboxylic acids is 1. The van der Waals surface area contributed by atoms with E-state index in [9.17, 15) is 4.79 Å². The first-order valence-corrected chi connectivity index (χ1v) is 10.1. The standard InChI is InChI=1S/C22H32N2O3/c1-4-5-6-18-9-11-23(12-10-18)14-17(2)15-24-20-13-19(26-3)7-8-21(20)27-16-22(24)25/h6-8,13,17H,4-5,9-12,14-16H2,1-3H3/t17-/m1/s1. The zero-order valence-corrected chi connectivity index (χ0v) is 16.9. The number of unbranched alkanes of at least 4 members (excludes halogenated alkanes) is 1. The first kappa shape index (κ1) is 19.7. The highest BCUT2D eigenvalue weighted by Crippen LogP contribution is 2.35. The van der Waals surface area contributed by atoms with Crippen LogP contribution in [0.5, 0.6) is 11.5 Å². The lowest BCUT2D eigenvalue weighted by Gasteiger charge is -2.34. The van der Waals surface area contributed by atoms with Gasteiger partial charge < -0.3 is 19.3 Å². The maximum absolute atomic E-state index is 12.5. The van der Waals surface area contributed by atoms with E-state index in [1.807, 2.05) is 23.1 Å². The van der Waals surface area contributed by atoms with Crippen LogP contribution in [0.2, 0.25) is 0 Å². The third-order valence-electron chi connectivity index (χ3n) is 5.39. The average molecular weight is 373 g/mol. The van der Waals surface area contributed by atoms with Crippen molar-refractivity contribution in [3.63, 3.8) is 0 Å². The van der Waals surface area contributed by atoms with E-state index < -0.39 is 0 Å². The van der Waals surface area contributed by atoms with Crippen LogP contribution in [0.3, 0.4) is 0 Å². The first-order chi connectivity index (χ1) is 13.1. The van der Waals surface area contributed by atoms with E-state index in [1.165, 1.54) is 25.7 Å². The van der Waals surface area contributed by atoms with Gasteiger partial charge in [0.2, 0.25) is 0 Å². The lowest BCUT2D eigenvalue weighted by atomic mass is 10.0. The van der Waals surface area contributed by atoms with Crippen molar-refractivity contribution < 1.29 is 14.3 Å². The van der Waals surface area contributed by atoms with Gasteiger partial charge in [0.05, 0.1) is 12.8 Å². The predicted octanol–water partition coefficient (Wildman–Crippen LogP) is 3.88. The molecule has 1 atom stereocenters. The number of nitrogens with zero attached hydrogens (tertiary/aromatic N) is 2. The van der Waals surface area contributed by atoms with Crippen molar-refractivity contribution in [1.82, 2.24) is 4.90 Å². The van der Waals surface area contributed by atoms with Crippen LogP contribution in [0.25, 0.3) is 0 Å². The first-order valence-electron chi connectivity index (χ1n) is 10.1. The highest BCUT2D eigenvalue weighted by molar-refractivity contribution is 5.98. The van der Waals surface area contributed by atoms with Crippen LogP contribution in [-0.4, -0.2) is 50.7 Å². The van der Waals surface area contributed by atoms with Gasteiger partial charge in [-0.05, 0) is 37.3 Å². The molecule has 0 radical (unpaired) electrons. The van der Waals surface area contributed by atoms with Gasteiger partial charge in [0.1, 0.15) is 11.5 Å². The Hall–Kier alpha value is -2.01. The normalized spacial score (nSPS) is 18.7. The van der Waals surface area contributed by atoms with Crippen LogP contribution in [0.1, 0.15) is 39.5 Å². The number of ether oxygens (including phenoxy) is 2. The monoisotopic (exact) mass is 372 g/mol. The molecule has 1 aromatic rings. The van der Waals surface area contributed by atoms with Crippen LogP contribution in [0, 0.1) is 5.92 Å². The number of allylic oxidation sites excluding steroid dienone is 1. The lowest BCUT2D eigenvalue weighted by molar-refractivity contribution is -0.121. The lowest BCUT2D eigenvalue weighted by Crippen LogP contribution is -2.44. The van der Waals surface area contributed by atoms with Gasteiger partial charge in [0.15, 0.2) is 6.61 Å². The molecule has 2 heterocycles. The van der Waals surface area contributed by atoms with E-state index in [0.29, 0.717) is 12.5 Å². The van der Waals surface area contributed by atoms with Gasteiger partial charge in [-0.3, -0.25) is 4.79 Å². The van der Waals surface area contributed by atoms with Gasteiger partial charge in [-0.2, -0.15) is 0 Å². The molecule has 5 nitrogen and oxygen atoms in total. The van der Waals surface area contributed by atoms with Gasteiger partial charge in [-0.25, -0.2) is 0 Å². The van der Waals surface area contributed by atoms with Crippen molar-refractivity contribution in [2.45, 2.75) is 39.5 Å². The number of amides is 1. The quantitative estimate of drug-likeness (QED) is 0.681. The summed E-state index contributed by atoms with van der Waals surface area (Å²) < 4.78 is 10.9. The molecule has 148 valence electrons. The van der Waals surface area contributed by atoms with Crippen LogP contribution < -0.4 is 14.4 Å². The molecule has 0 N–H and O–H groups in total. The van der Waals surface area contributed by atoms with Crippen LogP contribution in [-0.2, 0) is 4.79 Å². The molecule has 1 fully saturated rings. The third kappa shape index (κ3) is 5.04. The molecule has 0 spiro atoms. The third-order valence-corrected chi connectivity index (χ3v) is 5.39. The number of methoxy groups -OCH3 is 1. The molecular weight excluding hydrogens is 340 g/mol. The van der Waals surface area contributed by atoms with E-state index in [4.69, 9.17) is 9.47 Å². The van der Waals surface area contributed by atoms with Crippen molar-refractivity contribution in [3.8, 4) is 11.5 Å². The molecule has 0 saturated carbocycles. The van der Waals surface area contributed by atoms with Crippen molar-refractivity contribution in [1.29, 1.82) is 0 Å². The number of anilines is 1. The minimum Gasteiger partial charge on any atom is -0.497 e. The second-order valence-corrected chi connectivity index (χ2v) is 7.68. The SMILES string of the molecule is CCCC=C1CCN(C[C@@H](C)CN2C(=O)COc3ccc(OC)cc32)CC1. The molecule has 27 heavy (non-hydrogen) atoms. The number of likely N-dealkylation sites (tertiary alicyclic amines) is 1. The van der Waals surface area contributed by atoms with Gasteiger partial charge >= 0.3 is 0 Å². The highest BCUT2D eigenvalue weighted by Gasteiger charge is 2.28. The van der Waals surface area contributed by atoms with E-state index >= 15 is 0 Å². The Morgan fingerprint density at radius 2 is 2.04 bits per heavy atom. The summed E-state index contributed by atoms with van der Waals surface area (Å²) in [4.78, 5) is 16.9. The number of hydrogen-bond acceptors (Lipinski definition) is 4. The topological polar surface area (TPSA) is 42.0 Å². The van der Waals surface area contributed by atoms with Crippen molar-refractivity contribution in [2.75, 3.05) is 44.8 Å². The minimum absolute atomic E-state index is 0.0195. The molecule has 1 amide bonds. The van der Waals surface area contributed by atoms with Crippen molar-refractivity contribution >= 4 is 11.6 Å². The summed E-state index contributed by atoms with van der Waals surface area (Å²) in [6.07, 6.45) is 7.22. The molecular formula is C22H32N2O3. The Morgan fingerprint density at radius 1 is 1.26 bits per heavy atom. The molecule has 5 heteroatoms. The van der Waals surface area contributed by atoms with Gasteiger partial charge in [-0.1, -0.05) is 31.9 Å².